The molecular weight excluding hydrogens is 969 g/mol. The number of fused-ring (bicyclic) bond motifs is 3. The molecule has 0 spiro atoms. The van der Waals surface area contributed by atoms with Gasteiger partial charge in [-0.25, -0.2) is 14.4 Å². The summed E-state index contributed by atoms with van der Waals surface area (Å²) in [6.45, 7) is 4.13. The second-order valence-electron chi connectivity index (χ2n) is 18.6. The molecule has 5 amide bonds. The van der Waals surface area contributed by atoms with Crippen molar-refractivity contribution in [1.29, 1.82) is 0 Å². The van der Waals surface area contributed by atoms with Gasteiger partial charge in [-0.2, -0.15) is 0 Å². The van der Waals surface area contributed by atoms with Gasteiger partial charge in [0.15, 0.2) is 11.5 Å². The number of benzene rings is 4. The second-order valence-corrected chi connectivity index (χ2v) is 18.6. The normalized spacial score (nSPS) is 16.1. The molecule has 0 radical (unpaired) electrons. The minimum absolute atomic E-state index is 0.0284. The number of nitrogens with one attached hydrogen (secondary N) is 3. The molecule has 2 fully saturated rings. The molecule has 1 unspecified atom stereocenters. The lowest BCUT2D eigenvalue weighted by Gasteiger charge is -2.32. The summed E-state index contributed by atoms with van der Waals surface area (Å²) in [6, 6.07) is 15.6. The Bertz CT molecular complexity index is 3280. The lowest BCUT2D eigenvalue weighted by atomic mass is 9.93. The van der Waals surface area contributed by atoms with Crippen molar-refractivity contribution in [2.24, 2.45) is 13.0 Å². The minimum Gasteiger partial charge on any atom is -0.493 e. The number of hydrogen-bond acceptors (Lipinski definition) is 12. The van der Waals surface area contributed by atoms with Crippen molar-refractivity contribution in [2.45, 2.75) is 77.2 Å². The van der Waals surface area contributed by atoms with Gasteiger partial charge in [-0.3, -0.25) is 34.1 Å². The molecule has 6 aromatic rings. The second kappa shape index (κ2) is 21.2. The average molecular weight is 1020 g/mol. The Morgan fingerprint density at radius 2 is 1.69 bits per heavy atom. The highest BCUT2D eigenvalue weighted by molar-refractivity contribution is 6.07. The Hall–Kier alpha value is -8.10. The number of anilines is 2. The summed E-state index contributed by atoms with van der Waals surface area (Å²) in [5, 5.41) is 8.74. The number of nitrogens with zero attached hydrogens (tertiary/aromatic N) is 5. The summed E-state index contributed by atoms with van der Waals surface area (Å²) in [5.74, 6) is -1.84. The Morgan fingerprint density at radius 1 is 0.905 bits per heavy atom. The number of pyridine rings is 1. The summed E-state index contributed by atoms with van der Waals surface area (Å²) in [6.07, 6.45) is 0.360. The molecule has 3 aliphatic rings. The minimum atomic E-state index is -4.99. The molecule has 21 heteroatoms. The van der Waals surface area contributed by atoms with E-state index in [0.717, 1.165) is 55.3 Å². The smallest absolute Gasteiger partial charge is 0.493 e. The van der Waals surface area contributed by atoms with Crippen molar-refractivity contribution >= 4 is 62.7 Å². The topological polar surface area (TPSA) is 203 Å². The van der Waals surface area contributed by atoms with E-state index in [1.54, 1.807) is 25.2 Å². The van der Waals surface area contributed by atoms with Crippen molar-refractivity contribution in [3.8, 4) is 17.2 Å². The molecular formula is C53H52F4N8O9. The summed E-state index contributed by atoms with van der Waals surface area (Å²) >= 11 is 0. The van der Waals surface area contributed by atoms with Crippen molar-refractivity contribution in [3.63, 3.8) is 0 Å². The zero-order valence-corrected chi connectivity index (χ0v) is 40.7. The van der Waals surface area contributed by atoms with Gasteiger partial charge < -0.3 is 39.2 Å². The van der Waals surface area contributed by atoms with Crippen LogP contribution in [0.25, 0.3) is 21.8 Å². The van der Waals surface area contributed by atoms with Crippen molar-refractivity contribution in [3.05, 3.63) is 123 Å². The van der Waals surface area contributed by atoms with Crippen molar-refractivity contribution in [1.82, 2.24) is 29.7 Å². The number of carbonyl (C=O) groups excluding carboxylic acids is 5. The van der Waals surface area contributed by atoms with Gasteiger partial charge in [0.2, 0.25) is 23.2 Å². The number of carbonyl (C=O) groups is 5. The van der Waals surface area contributed by atoms with E-state index in [1.165, 1.54) is 48.0 Å². The van der Waals surface area contributed by atoms with Gasteiger partial charge in [0.25, 0.3) is 11.8 Å². The van der Waals surface area contributed by atoms with E-state index in [-0.39, 0.29) is 70.6 Å². The number of imide groups is 1. The quantitative estimate of drug-likeness (QED) is 0.0495. The molecule has 4 aromatic carbocycles. The highest BCUT2D eigenvalue weighted by atomic mass is 19.4. The lowest BCUT2D eigenvalue weighted by Crippen LogP contribution is -2.52. The fraction of sp³-hybridized carbons (Fsp3) is 0.358. The first-order valence-corrected chi connectivity index (χ1v) is 24.2. The number of amides is 5. The van der Waals surface area contributed by atoms with E-state index < -0.39 is 41.2 Å². The lowest BCUT2D eigenvalue weighted by molar-refractivity contribution is -0.274. The van der Waals surface area contributed by atoms with Crippen LogP contribution in [0.1, 0.15) is 88.2 Å². The van der Waals surface area contributed by atoms with Crippen LogP contribution in [0.15, 0.2) is 77.9 Å². The Labute approximate surface area is 421 Å². The van der Waals surface area contributed by atoms with Gasteiger partial charge in [0.1, 0.15) is 29.5 Å². The Morgan fingerprint density at radius 3 is 2.43 bits per heavy atom. The SMILES string of the molecule is COc1cc2c(Cc3ccc(NC(=O)c4c(C)n(C)c5ccc(OC(F)(F)F)cc5c4=O)cc3F)ncnc2cc1OCCCC(=O)N1CCC(CCNc2ccc3c(c2)CN(C2CCC(=O)NC2=O)C3=O)CC1. The van der Waals surface area contributed by atoms with Gasteiger partial charge >= 0.3 is 6.36 Å². The number of methoxy groups -OCH3 is 1. The van der Waals surface area contributed by atoms with Crippen LogP contribution in [0.4, 0.5) is 28.9 Å². The third kappa shape index (κ3) is 11.0. The molecule has 0 aliphatic carbocycles. The van der Waals surface area contributed by atoms with Crippen molar-refractivity contribution in [2.75, 3.05) is 44.0 Å². The monoisotopic (exact) mass is 1020 g/mol. The van der Waals surface area contributed by atoms with E-state index in [9.17, 15) is 41.9 Å². The van der Waals surface area contributed by atoms with Gasteiger partial charge in [-0.1, -0.05) is 6.07 Å². The van der Waals surface area contributed by atoms with Crippen LogP contribution in [-0.4, -0.2) is 99.6 Å². The number of piperidine rings is 2. The van der Waals surface area contributed by atoms with Crippen LogP contribution in [0.3, 0.4) is 0 Å². The molecule has 1 atom stereocenters. The van der Waals surface area contributed by atoms with E-state index in [4.69, 9.17) is 9.47 Å². The fourth-order valence-corrected chi connectivity index (χ4v) is 9.91. The van der Waals surface area contributed by atoms with Crippen LogP contribution < -0.4 is 35.6 Å². The molecule has 0 saturated carbocycles. The molecule has 3 N–H and O–H groups in total. The molecule has 0 bridgehead atoms. The van der Waals surface area contributed by atoms with Crippen LogP contribution in [0.2, 0.25) is 0 Å². The number of ether oxygens (including phenoxy) is 3. The van der Waals surface area contributed by atoms with Crippen LogP contribution >= 0.6 is 0 Å². The number of rotatable bonds is 16. The third-order valence-electron chi connectivity index (χ3n) is 14.0. The van der Waals surface area contributed by atoms with Gasteiger partial charge in [-0.05, 0) is 111 Å². The predicted octanol–water partition coefficient (Wildman–Crippen LogP) is 7.34. The van der Waals surface area contributed by atoms with E-state index >= 15 is 4.39 Å². The number of aryl methyl sites for hydroxylation is 1. The number of alkyl halides is 3. The van der Waals surface area contributed by atoms with Crippen molar-refractivity contribution < 1.29 is 55.7 Å². The molecule has 9 rings (SSSR count). The largest absolute Gasteiger partial charge is 0.573 e. The van der Waals surface area contributed by atoms with E-state index in [1.807, 2.05) is 17.0 Å². The van der Waals surface area contributed by atoms with Crippen LogP contribution in [0, 0.1) is 18.7 Å². The molecule has 17 nitrogen and oxygen atoms in total. The maximum Gasteiger partial charge on any atom is 0.573 e. The maximum absolute atomic E-state index is 15.7. The van der Waals surface area contributed by atoms with E-state index in [2.05, 4.69) is 30.7 Å². The first kappa shape index (κ1) is 50.8. The third-order valence-corrected chi connectivity index (χ3v) is 14.0. The standard InChI is InChI=1S/C53H52F4N8O9/c1-29-48(49(68)38-24-35(74-53(55,56)57)9-11-42(38)63(29)2)51(70)61-34-7-6-31(39(54)23-34)22-40-37-25-44(72-3)45(26-41(37)60-28-59-40)73-20-4-5-47(67)64-18-15-30(16-19-64)14-17-58-33-8-10-36-32(21-33)27-65(52(36)71)43-12-13-46(66)62-50(43)69/h6-11,21,23-26,28,30,43,58H,4-5,12-20,22,27H2,1-3H3,(H,61,70)(H,62,66,69). The van der Waals surface area contributed by atoms with Gasteiger partial charge in [0, 0.05) is 86.6 Å². The molecule has 386 valence electrons. The molecule has 2 aromatic heterocycles. The first-order valence-electron chi connectivity index (χ1n) is 24.2. The summed E-state index contributed by atoms with van der Waals surface area (Å²) < 4.78 is 71.6. The Kier molecular flexibility index (Phi) is 14.5. The van der Waals surface area contributed by atoms with Crippen LogP contribution in [-0.2, 0) is 34.4 Å². The summed E-state index contributed by atoms with van der Waals surface area (Å²) in [5.41, 5.74) is 2.92. The number of hydrogen-bond donors (Lipinski definition) is 3. The number of aromatic nitrogens is 3. The predicted molar refractivity (Wildman–Crippen MR) is 263 cm³/mol. The average Bonchev–Trinajstić information content (AvgIpc) is 3.69. The van der Waals surface area contributed by atoms with E-state index in [0.29, 0.717) is 78.5 Å². The summed E-state index contributed by atoms with van der Waals surface area (Å²) in [4.78, 5) is 89.4. The summed E-state index contributed by atoms with van der Waals surface area (Å²) in [7, 11) is 3.04. The van der Waals surface area contributed by atoms with Gasteiger partial charge in [-0.15, -0.1) is 13.2 Å². The molecule has 2 saturated heterocycles. The molecule has 74 heavy (non-hydrogen) atoms. The van der Waals surface area contributed by atoms with Crippen LogP contribution in [0.5, 0.6) is 17.2 Å². The highest BCUT2D eigenvalue weighted by Gasteiger charge is 2.39. The fourth-order valence-electron chi connectivity index (χ4n) is 9.91. The zero-order chi connectivity index (χ0) is 52.4. The molecule has 5 heterocycles. The van der Waals surface area contributed by atoms with Gasteiger partial charge in [0.05, 0.1) is 35.8 Å². The first-order chi connectivity index (χ1) is 35.4. The Balaban J connectivity index is 0.738. The highest BCUT2D eigenvalue weighted by Crippen LogP contribution is 2.35. The number of likely N-dealkylation sites (tertiary alicyclic amines) is 1. The molecule has 3 aliphatic heterocycles. The maximum atomic E-state index is 15.7. The number of halogens is 4. The zero-order valence-electron chi connectivity index (χ0n) is 40.7.